The van der Waals surface area contributed by atoms with E-state index in [1.165, 1.54) is 12.1 Å². The fourth-order valence-corrected chi connectivity index (χ4v) is 2.62. The zero-order valence-corrected chi connectivity index (χ0v) is 13.2. The Hall–Kier alpha value is -1.65. The second-order valence-electron chi connectivity index (χ2n) is 4.52. The molecule has 0 saturated heterocycles. The van der Waals surface area contributed by atoms with Crippen molar-refractivity contribution in [1.82, 2.24) is 0 Å². The number of halogens is 2. The molecule has 0 radical (unpaired) electrons. The molecule has 4 heteroatoms. The van der Waals surface area contributed by atoms with Crippen LogP contribution in [0.4, 0.5) is 4.39 Å². The molecule has 2 aromatic carbocycles. The summed E-state index contributed by atoms with van der Waals surface area (Å²) in [7, 11) is 0. The van der Waals surface area contributed by atoms with E-state index in [0.717, 1.165) is 5.56 Å². The number of aliphatic hydroxyl groups is 1. The van der Waals surface area contributed by atoms with Crippen LogP contribution in [0.5, 0.6) is 5.75 Å². The summed E-state index contributed by atoms with van der Waals surface area (Å²) in [4.78, 5) is 0. The van der Waals surface area contributed by atoms with Crippen molar-refractivity contribution in [1.29, 1.82) is 0 Å². The van der Waals surface area contributed by atoms with Gasteiger partial charge < -0.3 is 9.84 Å². The molecular formula is C17H16BrFO2. The predicted molar refractivity (Wildman–Crippen MR) is 84.6 cm³/mol. The van der Waals surface area contributed by atoms with Crippen molar-refractivity contribution < 1.29 is 14.2 Å². The van der Waals surface area contributed by atoms with Crippen LogP contribution in [0.25, 0.3) is 0 Å². The summed E-state index contributed by atoms with van der Waals surface area (Å²) in [5.74, 6) is 0.0262. The number of benzene rings is 2. The maximum atomic E-state index is 13.9. The molecule has 1 unspecified atom stereocenters. The highest BCUT2D eigenvalue weighted by atomic mass is 79.9. The third kappa shape index (κ3) is 3.93. The molecule has 0 aliphatic heterocycles. The first kappa shape index (κ1) is 15.7. The monoisotopic (exact) mass is 350 g/mol. The molecule has 0 fully saturated rings. The van der Waals surface area contributed by atoms with E-state index in [1.807, 2.05) is 30.3 Å². The standard InChI is InChI=1S/C17H16BrFO2/c1-2-6-14(20)16-13(19)9-10-15(17(16)18)21-11-12-7-4-3-5-8-12/h2-10,14,20H,11H2,1H3/b6-2+. The molecule has 0 heterocycles. The van der Waals surface area contributed by atoms with Crippen LogP contribution in [0.1, 0.15) is 24.2 Å². The smallest absolute Gasteiger partial charge is 0.134 e. The molecule has 0 aromatic heterocycles. The van der Waals surface area contributed by atoms with Crippen molar-refractivity contribution in [2.45, 2.75) is 19.6 Å². The number of aliphatic hydroxyl groups excluding tert-OH is 1. The van der Waals surface area contributed by atoms with Gasteiger partial charge in [0.1, 0.15) is 24.3 Å². The topological polar surface area (TPSA) is 29.5 Å². The number of ether oxygens (including phenoxy) is 1. The van der Waals surface area contributed by atoms with Gasteiger partial charge in [0.25, 0.3) is 0 Å². The Balaban J connectivity index is 2.23. The zero-order valence-electron chi connectivity index (χ0n) is 11.6. The molecule has 2 rings (SSSR count). The summed E-state index contributed by atoms with van der Waals surface area (Å²) in [5, 5.41) is 9.98. The van der Waals surface area contributed by atoms with Gasteiger partial charge in [-0.1, -0.05) is 42.5 Å². The Labute approximate surface area is 132 Å². The van der Waals surface area contributed by atoms with Crippen molar-refractivity contribution in [2.75, 3.05) is 0 Å². The van der Waals surface area contributed by atoms with Crippen LogP contribution in [0.15, 0.2) is 59.1 Å². The molecule has 2 aromatic rings. The summed E-state index contributed by atoms with van der Waals surface area (Å²) in [6.45, 7) is 2.15. The van der Waals surface area contributed by atoms with Crippen LogP contribution < -0.4 is 4.74 Å². The highest BCUT2D eigenvalue weighted by molar-refractivity contribution is 9.10. The van der Waals surface area contributed by atoms with Crippen molar-refractivity contribution in [3.63, 3.8) is 0 Å². The van der Waals surface area contributed by atoms with Gasteiger partial charge >= 0.3 is 0 Å². The van der Waals surface area contributed by atoms with Crippen LogP contribution >= 0.6 is 15.9 Å². The highest BCUT2D eigenvalue weighted by Gasteiger charge is 2.18. The number of hydrogen-bond acceptors (Lipinski definition) is 2. The first-order chi connectivity index (χ1) is 10.1. The quantitative estimate of drug-likeness (QED) is 0.786. The number of hydrogen-bond donors (Lipinski definition) is 1. The fraction of sp³-hybridized carbons (Fsp3) is 0.176. The van der Waals surface area contributed by atoms with E-state index in [-0.39, 0.29) is 5.56 Å². The second-order valence-corrected chi connectivity index (χ2v) is 5.31. The summed E-state index contributed by atoms with van der Waals surface area (Å²) in [6.07, 6.45) is 2.18. The molecule has 0 bridgehead atoms. The van der Waals surface area contributed by atoms with Crippen LogP contribution in [0.3, 0.4) is 0 Å². The Bertz CT molecular complexity index is 626. The lowest BCUT2D eigenvalue weighted by Gasteiger charge is -2.15. The average molecular weight is 351 g/mol. The van der Waals surface area contributed by atoms with E-state index in [0.29, 0.717) is 16.8 Å². The minimum Gasteiger partial charge on any atom is -0.488 e. The normalized spacial score (nSPS) is 12.6. The maximum Gasteiger partial charge on any atom is 0.134 e. The highest BCUT2D eigenvalue weighted by Crippen LogP contribution is 2.35. The maximum absolute atomic E-state index is 13.9. The Morgan fingerprint density at radius 1 is 1.24 bits per heavy atom. The molecule has 0 spiro atoms. The van der Waals surface area contributed by atoms with Gasteiger partial charge in [0.2, 0.25) is 0 Å². The Kier molecular flexibility index (Phi) is 5.53. The van der Waals surface area contributed by atoms with E-state index in [4.69, 9.17) is 4.74 Å². The van der Waals surface area contributed by atoms with Crippen LogP contribution in [0.2, 0.25) is 0 Å². The van der Waals surface area contributed by atoms with Crippen molar-refractivity contribution in [3.05, 3.63) is 76.0 Å². The van der Waals surface area contributed by atoms with Crippen molar-refractivity contribution in [3.8, 4) is 5.75 Å². The Morgan fingerprint density at radius 2 is 1.95 bits per heavy atom. The third-order valence-electron chi connectivity index (χ3n) is 3.00. The van der Waals surface area contributed by atoms with Gasteiger partial charge in [-0.2, -0.15) is 0 Å². The first-order valence-electron chi connectivity index (χ1n) is 6.59. The minimum atomic E-state index is -1.01. The average Bonchev–Trinajstić information content (AvgIpc) is 2.48. The summed E-state index contributed by atoms with van der Waals surface area (Å²) in [6, 6.07) is 12.5. The van der Waals surface area contributed by atoms with Crippen LogP contribution in [-0.4, -0.2) is 5.11 Å². The number of allylic oxidation sites excluding steroid dienone is 1. The molecule has 1 atom stereocenters. The van der Waals surface area contributed by atoms with Gasteiger partial charge in [0, 0.05) is 5.56 Å². The lowest BCUT2D eigenvalue weighted by atomic mass is 10.1. The molecule has 110 valence electrons. The van der Waals surface area contributed by atoms with Crippen molar-refractivity contribution in [2.24, 2.45) is 0 Å². The lowest BCUT2D eigenvalue weighted by molar-refractivity contribution is 0.220. The summed E-state index contributed by atoms with van der Waals surface area (Å²) in [5.41, 5.74) is 1.20. The van der Waals surface area contributed by atoms with E-state index >= 15 is 0 Å². The molecule has 1 N–H and O–H groups in total. The van der Waals surface area contributed by atoms with Gasteiger partial charge in [0.05, 0.1) is 4.47 Å². The summed E-state index contributed by atoms with van der Waals surface area (Å²) < 4.78 is 20.0. The van der Waals surface area contributed by atoms with Gasteiger partial charge in [-0.05, 0) is 40.5 Å². The van der Waals surface area contributed by atoms with Gasteiger partial charge in [0.15, 0.2) is 0 Å². The molecular weight excluding hydrogens is 335 g/mol. The predicted octanol–water partition coefficient (Wildman–Crippen LogP) is 4.78. The number of rotatable bonds is 5. The largest absolute Gasteiger partial charge is 0.488 e. The SMILES string of the molecule is C/C=C/C(O)c1c(F)ccc(OCc2ccccc2)c1Br. The van der Waals surface area contributed by atoms with Crippen LogP contribution in [0, 0.1) is 5.82 Å². The van der Waals surface area contributed by atoms with Gasteiger partial charge in [-0.15, -0.1) is 0 Å². The molecule has 0 amide bonds. The first-order valence-corrected chi connectivity index (χ1v) is 7.38. The van der Waals surface area contributed by atoms with Gasteiger partial charge in [-0.3, -0.25) is 0 Å². The lowest BCUT2D eigenvalue weighted by Crippen LogP contribution is -2.02. The molecule has 0 aliphatic carbocycles. The third-order valence-corrected chi connectivity index (χ3v) is 3.82. The fourth-order valence-electron chi connectivity index (χ4n) is 1.95. The van der Waals surface area contributed by atoms with Crippen molar-refractivity contribution >= 4 is 15.9 Å². The minimum absolute atomic E-state index is 0.179. The van der Waals surface area contributed by atoms with E-state index in [9.17, 15) is 9.50 Å². The molecule has 21 heavy (non-hydrogen) atoms. The summed E-state index contributed by atoms with van der Waals surface area (Å²) >= 11 is 3.32. The van der Waals surface area contributed by atoms with E-state index < -0.39 is 11.9 Å². The Morgan fingerprint density at radius 3 is 2.62 bits per heavy atom. The molecule has 2 nitrogen and oxygen atoms in total. The van der Waals surface area contributed by atoms with E-state index in [2.05, 4.69) is 15.9 Å². The van der Waals surface area contributed by atoms with E-state index in [1.54, 1.807) is 19.1 Å². The molecule has 0 aliphatic rings. The van der Waals surface area contributed by atoms with Gasteiger partial charge in [-0.25, -0.2) is 4.39 Å². The van der Waals surface area contributed by atoms with Crippen LogP contribution in [-0.2, 0) is 6.61 Å². The molecule has 0 saturated carbocycles. The zero-order chi connectivity index (χ0) is 15.2. The second kappa shape index (κ2) is 7.38.